The summed E-state index contributed by atoms with van der Waals surface area (Å²) < 4.78 is 23.2. The van der Waals surface area contributed by atoms with Crippen molar-refractivity contribution in [2.75, 3.05) is 31.3 Å². The minimum absolute atomic E-state index is 0.0346. The Labute approximate surface area is 121 Å². The van der Waals surface area contributed by atoms with Crippen LogP contribution < -0.4 is 5.73 Å². The van der Waals surface area contributed by atoms with E-state index >= 15 is 0 Å². The third-order valence-electron chi connectivity index (χ3n) is 2.90. The van der Waals surface area contributed by atoms with Crippen molar-refractivity contribution in [3.8, 4) is 0 Å². The van der Waals surface area contributed by atoms with E-state index in [1.807, 2.05) is 12.1 Å². The Hall–Kier alpha value is -1.60. The standard InChI is InChI=1S/C13H16N2O3S2/c1-15(5-6-20(2,17)18)13(16)12-8-9-7-10(14)3-4-11(9)19-12/h3-4,7-8H,5-6,14H2,1-2H3. The normalized spacial score (nSPS) is 11.7. The van der Waals surface area contributed by atoms with E-state index < -0.39 is 9.84 Å². The average Bonchev–Trinajstić information content (AvgIpc) is 2.76. The number of thiophene rings is 1. The van der Waals surface area contributed by atoms with Gasteiger partial charge in [-0.15, -0.1) is 11.3 Å². The van der Waals surface area contributed by atoms with Crippen LogP contribution in [0.1, 0.15) is 9.67 Å². The third-order valence-corrected chi connectivity index (χ3v) is 4.92. The average molecular weight is 312 g/mol. The summed E-state index contributed by atoms with van der Waals surface area (Å²) in [5.41, 5.74) is 6.36. The van der Waals surface area contributed by atoms with Crippen molar-refractivity contribution in [1.29, 1.82) is 0 Å². The monoisotopic (exact) mass is 312 g/mol. The Morgan fingerprint density at radius 3 is 2.70 bits per heavy atom. The number of amides is 1. The molecule has 7 heteroatoms. The Bertz CT molecular complexity index is 750. The number of benzene rings is 1. The highest BCUT2D eigenvalue weighted by Gasteiger charge is 2.16. The van der Waals surface area contributed by atoms with Crippen molar-refractivity contribution in [2.45, 2.75) is 0 Å². The number of fused-ring (bicyclic) bond motifs is 1. The second-order valence-corrected chi connectivity index (χ2v) is 8.11. The molecule has 0 unspecified atom stereocenters. The lowest BCUT2D eigenvalue weighted by atomic mass is 10.2. The Morgan fingerprint density at radius 1 is 1.35 bits per heavy atom. The quantitative estimate of drug-likeness (QED) is 0.870. The van der Waals surface area contributed by atoms with Gasteiger partial charge in [0, 0.05) is 30.2 Å². The molecule has 20 heavy (non-hydrogen) atoms. The Balaban J connectivity index is 2.18. The molecule has 1 aromatic heterocycles. The van der Waals surface area contributed by atoms with Gasteiger partial charge >= 0.3 is 0 Å². The molecule has 1 heterocycles. The predicted octanol–water partition coefficient (Wildman–Crippen LogP) is 1.60. The van der Waals surface area contributed by atoms with E-state index in [4.69, 9.17) is 5.73 Å². The number of hydrogen-bond acceptors (Lipinski definition) is 5. The van der Waals surface area contributed by atoms with Gasteiger partial charge in [0.1, 0.15) is 9.84 Å². The molecule has 0 aliphatic rings. The summed E-state index contributed by atoms with van der Waals surface area (Å²) in [5.74, 6) is -0.207. The third kappa shape index (κ3) is 3.49. The van der Waals surface area contributed by atoms with Gasteiger partial charge < -0.3 is 10.6 Å². The van der Waals surface area contributed by atoms with Gasteiger partial charge in [0.2, 0.25) is 0 Å². The molecule has 0 aliphatic carbocycles. The molecule has 0 radical (unpaired) electrons. The molecule has 108 valence electrons. The SMILES string of the molecule is CN(CCS(C)(=O)=O)C(=O)c1cc2cc(N)ccc2s1. The smallest absolute Gasteiger partial charge is 0.263 e. The molecule has 0 saturated heterocycles. The maximum atomic E-state index is 12.2. The fourth-order valence-corrected chi connectivity index (χ4v) is 3.40. The number of rotatable bonds is 4. The van der Waals surface area contributed by atoms with Crippen molar-refractivity contribution in [3.05, 3.63) is 29.1 Å². The number of carbonyl (C=O) groups is 1. The molecule has 5 nitrogen and oxygen atoms in total. The van der Waals surface area contributed by atoms with Gasteiger partial charge in [-0.1, -0.05) is 0 Å². The number of carbonyl (C=O) groups excluding carboxylic acids is 1. The lowest BCUT2D eigenvalue weighted by Gasteiger charge is -2.15. The van der Waals surface area contributed by atoms with Gasteiger partial charge in [0.15, 0.2) is 0 Å². The predicted molar refractivity (Wildman–Crippen MR) is 82.9 cm³/mol. The van der Waals surface area contributed by atoms with Crippen LogP contribution >= 0.6 is 11.3 Å². The highest BCUT2D eigenvalue weighted by Crippen LogP contribution is 2.28. The van der Waals surface area contributed by atoms with Crippen molar-refractivity contribution < 1.29 is 13.2 Å². The summed E-state index contributed by atoms with van der Waals surface area (Å²) in [4.78, 5) is 14.2. The van der Waals surface area contributed by atoms with Crippen LogP contribution in [0.4, 0.5) is 5.69 Å². The summed E-state index contributed by atoms with van der Waals surface area (Å²) in [5, 5.41) is 0.926. The van der Waals surface area contributed by atoms with Gasteiger partial charge in [0.05, 0.1) is 10.6 Å². The van der Waals surface area contributed by atoms with Crippen molar-refractivity contribution >= 4 is 42.9 Å². The molecule has 2 aromatic rings. The summed E-state index contributed by atoms with van der Waals surface area (Å²) in [6.07, 6.45) is 1.16. The number of nitrogens with two attached hydrogens (primary N) is 1. The molecule has 0 spiro atoms. The van der Waals surface area contributed by atoms with Gasteiger partial charge in [-0.2, -0.15) is 0 Å². The van der Waals surface area contributed by atoms with E-state index in [9.17, 15) is 13.2 Å². The van der Waals surface area contributed by atoms with Crippen molar-refractivity contribution in [3.63, 3.8) is 0 Å². The molecule has 0 saturated carbocycles. The Morgan fingerprint density at radius 2 is 2.05 bits per heavy atom. The maximum Gasteiger partial charge on any atom is 0.263 e. The zero-order valence-corrected chi connectivity index (χ0v) is 12.9. The fraction of sp³-hybridized carbons (Fsp3) is 0.308. The molecule has 0 atom stereocenters. The first-order valence-corrected chi connectivity index (χ1v) is 8.86. The zero-order chi connectivity index (χ0) is 14.9. The van der Waals surface area contributed by atoms with Crippen LogP contribution in [0.15, 0.2) is 24.3 Å². The van der Waals surface area contributed by atoms with E-state index in [1.54, 1.807) is 19.2 Å². The van der Waals surface area contributed by atoms with Crippen LogP contribution in [0, 0.1) is 0 Å². The van der Waals surface area contributed by atoms with Crippen molar-refractivity contribution in [1.82, 2.24) is 4.90 Å². The largest absolute Gasteiger partial charge is 0.399 e. The number of sulfone groups is 1. The van der Waals surface area contributed by atoms with Crippen LogP contribution in [0.25, 0.3) is 10.1 Å². The number of anilines is 1. The molecule has 2 rings (SSSR count). The first kappa shape index (κ1) is 14.8. The van der Waals surface area contributed by atoms with E-state index in [1.165, 1.54) is 16.2 Å². The van der Waals surface area contributed by atoms with Crippen LogP contribution in [0.5, 0.6) is 0 Å². The van der Waals surface area contributed by atoms with Crippen LogP contribution in [0.3, 0.4) is 0 Å². The summed E-state index contributed by atoms with van der Waals surface area (Å²) in [6.45, 7) is 0.189. The first-order chi connectivity index (χ1) is 9.26. The second-order valence-electron chi connectivity index (χ2n) is 4.76. The van der Waals surface area contributed by atoms with E-state index in [-0.39, 0.29) is 18.2 Å². The molecule has 0 bridgehead atoms. The lowest BCUT2D eigenvalue weighted by Crippen LogP contribution is -2.30. The van der Waals surface area contributed by atoms with Gasteiger partial charge in [-0.3, -0.25) is 4.79 Å². The maximum absolute atomic E-state index is 12.2. The Kier molecular flexibility index (Phi) is 4.01. The molecule has 1 aromatic carbocycles. The minimum Gasteiger partial charge on any atom is -0.399 e. The van der Waals surface area contributed by atoms with Crippen LogP contribution in [0.2, 0.25) is 0 Å². The topological polar surface area (TPSA) is 80.5 Å². The second kappa shape index (κ2) is 5.41. The van der Waals surface area contributed by atoms with E-state index in [2.05, 4.69) is 0 Å². The molecule has 0 aliphatic heterocycles. The zero-order valence-electron chi connectivity index (χ0n) is 11.3. The first-order valence-electron chi connectivity index (χ1n) is 5.98. The molecular formula is C13H16N2O3S2. The van der Waals surface area contributed by atoms with Gasteiger partial charge in [-0.05, 0) is 29.7 Å². The molecule has 2 N–H and O–H groups in total. The van der Waals surface area contributed by atoms with Gasteiger partial charge in [-0.25, -0.2) is 8.42 Å². The van der Waals surface area contributed by atoms with Crippen LogP contribution in [-0.2, 0) is 9.84 Å². The molecule has 0 fully saturated rings. The summed E-state index contributed by atoms with van der Waals surface area (Å²) >= 11 is 1.38. The summed E-state index contributed by atoms with van der Waals surface area (Å²) in [6, 6.07) is 7.28. The van der Waals surface area contributed by atoms with Gasteiger partial charge in [0.25, 0.3) is 5.91 Å². The number of nitrogen functional groups attached to an aromatic ring is 1. The highest BCUT2D eigenvalue weighted by molar-refractivity contribution is 7.90. The van der Waals surface area contributed by atoms with Crippen LogP contribution in [-0.4, -0.2) is 44.8 Å². The number of hydrogen-bond donors (Lipinski definition) is 1. The fourth-order valence-electron chi connectivity index (χ4n) is 1.76. The molecular weight excluding hydrogens is 296 g/mol. The number of nitrogens with zero attached hydrogens (tertiary/aromatic N) is 1. The highest BCUT2D eigenvalue weighted by atomic mass is 32.2. The van der Waals surface area contributed by atoms with E-state index in [0.717, 1.165) is 16.3 Å². The van der Waals surface area contributed by atoms with E-state index in [0.29, 0.717) is 10.6 Å². The molecule has 1 amide bonds. The van der Waals surface area contributed by atoms with Crippen molar-refractivity contribution in [2.24, 2.45) is 0 Å². The lowest BCUT2D eigenvalue weighted by molar-refractivity contribution is 0.0808. The summed E-state index contributed by atoms with van der Waals surface area (Å²) in [7, 11) is -1.47. The minimum atomic E-state index is -3.07.